The van der Waals surface area contributed by atoms with E-state index in [1.807, 2.05) is 13.0 Å². The second kappa shape index (κ2) is 11.3. The summed E-state index contributed by atoms with van der Waals surface area (Å²) in [6.07, 6.45) is 1.66. The van der Waals surface area contributed by atoms with Crippen LogP contribution in [0.1, 0.15) is 44.6 Å². The summed E-state index contributed by atoms with van der Waals surface area (Å²) in [5.74, 6) is -1.49. The van der Waals surface area contributed by atoms with Gasteiger partial charge in [-0.1, -0.05) is 24.6 Å². The van der Waals surface area contributed by atoms with Gasteiger partial charge in [0.25, 0.3) is 6.43 Å². The fourth-order valence-electron chi connectivity index (χ4n) is 7.21. The fourth-order valence-corrected chi connectivity index (χ4v) is 8.50. The number of benzene rings is 2. The molecule has 0 spiro atoms. The van der Waals surface area contributed by atoms with Crippen LogP contribution in [0.5, 0.6) is 11.8 Å². The van der Waals surface area contributed by atoms with Crippen LogP contribution in [0.3, 0.4) is 0 Å². The van der Waals surface area contributed by atoms with Crippen molar-refractivity contribution in [3.63, 3.8) is 0 Å². The molecule has 3 aliphatic heterocycles. The Kier molecular flexibility index (Phi) is 7.57. The SMILES string of the molecule is CCC1COc2c(Cl)c(-c3ccc(F)c4sc(N)c(C#N)c34)c(F)c3nc(OCC45CCCN4CCC5)nc(c23)N1CC(F)F. The molecule has 2 fully saturated rings. The van der Waals surface area contributed by atoms with Crippen LogP contribution in [0.15, 0.2) is 12.1 Å². The molecule has 2 saturated heterocycles. The average Bonchev–Trinajstić information content (AvgIpc) is 3.67. The van der Waals surface area contributed by atoms with Gasteiger partial charge in [-0.15, -0.1) is 11.3 Å². The van der Waals surface area contributed by atoms with Gasteiger partial charge in [-0.3, -0.25) is 4.90 Å². The van der Waals surface area contributed by atoms with Gasteiger partial charge in [0, 0.05) is 10.9 Å². The van der Waals surface area contributed by atoms with Gasteiger partial charge < -0.3 is 20.1 Å². The highest BCUT2D eigenvalue weighted by atomic mass is 35.5. The lowest BCUT2D eigenvalue weighted by molar-refractivity contribution is 0.107. The van der Waals surface area contributed by atoms with Crippen molar-refractivity contribution < 1.29 is 27.0 Å². The Morgan fingerprint density at radius 2 is 1.98 bits per heavy atom. The van der Waals surface area contributed by atoms with Crippen LogP contribution in [0, 0.1) is 23.0 Å². The molecule has 1 unspecified atom stereocenters. The predicted molar refractivity (Wildman–Crippen MR) is 166 cm³/mol. The molecule has 2 aromatic carbocycles. The van der Waals surface area contributed by atoms with Crippen LogP contribution in [0.4, 0.5) is 28.4 Å². The molecule has 8 nitrogen and oxygen atoms in total. The van der Waals surface area contributed by atoms with E-state index in [9.17, 15) is 18.4 Å². The topological polar surface area (TPSA) is 101 Å². The van der Waals surface area contributed by atoms with E-state index in [2.05, 4.69) is 14.9 Å². The van der Waals surface area contributed by atoms with E-state index in [-0.39, 0.29) is 84.0 Å². The maximum atomic E-state index is 17.0. The van der Waals surface area contributed by atoms with Gasteiger partial charge in [0.15, 0.2) is 11.6 Å². The molecular weight excluding hydrogens is 632 g/mol. The molecular formula is C31H29ClF4N6O2S. The molecule has 0 aliphatic carbocycles. The molecule has 236 valence electrons. The normalized spacial score (nSPS) is 19.2. The van der Waals surface area contributed by atoms with E-state index < -0.39 is 30.6 Å². The molecule has 0 bridgehead atoms. The van der Waals surface area contributed by atoms with Gasteiger partial charge in [-0.2, -0.15) is 15.2 Å². The molecule has 0 saturated carbocycles. The molecule has 0 radical (unpaired) electrons. The molecule has 0 amide bonds. The number of hydrogen-bond acceptors (Lipinski definition) is 9. The molecule has 2 N–H and O–H groups in total. The minimum absolute atomic E-state index is 0.00894. The smallest absolute Gasteiger partial charge is 0.319 e. The maximum absolute atomic E-state index is 17.0. The molecule has 7 rings (SSSR count). The van der Waals surface area contributed by atoms with Crippen LogP contribution in [-0.4, -0.2) is 65.7 Å². The Morgan fingerprint density at radius 3 is 2.67 bits per heavy atom. The van der Waals surface area contributed by atoms with Crippen LogP contribution >= 0.6 is 22.9 Å². The van der Waals surface area contributed by atoms with E-state index in [0.29, 0.717) is 6.42 Å². The van der Waals surface area contributed by atoms with Crippen LogP contribution < -0.4 is 20.1 Å². The highest BCUT2D eigenvalue weighted by Crippen LogP contribution is 2.51. The molecule has 1 atom stereocenters. The number of thiophene rings is 1. The number of fused-ring (bicyclic) bond motifs is 2. The summed E-state index contributed by atoms with van der Waals surface area (Å²) in [5.41, 5.74) is 5.56. The van der Waals surface area contributed by atoms with Crippen LogP contribution in [-0.2, 0) is 0 Å². The Morgan fingerprint density at radius 1 is 1.22 bits per heavy atom. The van der Waals surface area contributed by atoms with Gasteiger partial charge in [0.1, 0.15) is 41.4 Å². The first-order valence-corrected chi connectivity index (χ1v) is 16.1. The number of halogens is 5. The number of nitrogen functional groups attached to an aromatic ring is 1. The van der Waals surface area contributed by atoms with Crippen molar-refractivity contribution in [2.24, 2.45) is 0 Å². The zero-order valence-corrected chi connectivity index (χ0v) is 25.9. The van der Waals surface area contributed by atoms with Crippen molar-refractivity contribution in [2.75, 3.05) is 43.5 Å². The zero-order valence-electron chi connectivity index (χ0n) is 24.3. The van der Waals surface area contributed by atoms with Gasteiger partial charge in [-0.05, 0) is 56.8 Å². The van der Waals surface area contributed by atoms with Gasteiger partial charge in [0.05, 0.1) is 38.8 Å². The first-order chi connectivity index (χ1) is 21.7. The summed E-state index contributed by atoms with van der Waals surface area (Å²) in [6.45, 7) is 3.32. The number of alkyl halides is 2. The second-order valence-electron chi connectivity index (χ2n) is 11.8. The van der Waals surface area contributed by atoms with Crippen LogP contribution in [0.25, 0.3) is 32.1 Å². The van der Waals surface area contributed by atoms with Gasteiger partial charge in [0.2, 0.25) is 0 Å². The number of ether oxygens (including phenoxy) is 2. The predicted octanol–water partition coefficient (Wildman–Crippen LogP) is 7.15. The largest absolute Gasteiger partial charge is 0.489 e. The number of aromatic nitrogens is 2. The van der Waals surface area contributed by atoms with Gasteiger partial charge >= 0.3 is 6.01 Å². The lowest BCUT2D eigenvalue weighted by Crippen LogP contribution is -2.44. The molecule has 4 aromatic rings. The minimum Gasteiger partial charge on any atom is -0.489 e. The van der Waals surface area contributed by atoms with E-state index in [4.69, 9.17) is 26.8 Å². The Balaban J connectivity index is 1.48. The van der Waals surface area contributed by atoms with Crippen molar-refractivity contribution >= 4 is 54.7 Å². The van der Waals surface area contributed by atoms with Crippen LogP contribution in [0.2, 0.25) is 5.02 Å². The average molecular weight is 661 g/mol. The molecule has 45 heavy (non-hydrogen) atoms. The van der Waals surface area contributed by atoms with Crippen molar-refractivity contribution in [1.29, 1.82) is 5.26 Å². The Bertz CT molecular complexity index is 1870. The fraction of sp³-hybridized carbons (Fsp3) is 0.452. The monoisotopic (exact) mass is 660 g/mol. The van der Waals surface area contributed by atoms with E-state index in [0.717, 1.165) is 56.2 Å². The number of anilines is 2. The summed E-state index contributed by atoms with van der Waals surface area (Å²) in [4.78, 5) is 12.9. The first kappa shape index (κ1) is 30.1. The number of rotatable bonds is 7. The summed E-state index contributed by atoms with van der Waals surface area (Å²) in [6, 6.07) is 3.78. The number of nitriles is 1. The summed E-state index contributed by atoms with van der Waals surface area (Å²) in [7, 11) is 0. The first-order valence-electron chi connectivity index (χ1n) is 14.9. The third-order valence-electron chi connectivity index (χ3n) is 9.36. The maximum Gasteiger partial charge on any atom is 0.319 e. The van der Waals surface area contributed by atoms with Crippen molar-refractivity contribution in [3.05, 3.63) is 34.4 Å². The number of hydrogen-bond donors (Lipinski definition) is 1. The second-order valence-corrected chi connectivity index (χ2v) is 13.2. The lowest BCUT2D eigenvalue weighted by atomic mass is 9.95. The molecule has 5 heterocycles. The number of nitrogens with two attached hydrogens (primary N) is 1. The van der Waals surface area contributed by atoms with Crippen molar-refractivity contribution in [1.82, 2.24) is 14.9 Å². The highest BCUT2D eigenvalue weighted by Gasteiger charge is 2.45. The van der Waals surface area contributed by atoms with Crippen molar-refractivity contribution in [2.45, 2.75) is 57.0 Å². The molecule has 2 aromatic heterocycles. The standard InChI is InChI=1S/C31H29ClF4N6O2S/c1-2-15-13-43-26-22-25(24(36)21(23(26)32)16-5-6-18(33)27-20(16)17(11-37)28(38)45-27)39-30(40-29(22)42(15)12-19(34)35)44-14-31-7-3-9-41(31)10-4-8-31/h5-6,15,19H,2-4,7-10,12-14,38H2,1H3. The quantitative estimate of drug-likeness (QED) is 0.209. The van der Waals surface area contributed by atoms with E-state index >= 15 is 4.39 Å². The Labute approximate surface area is 265 Å². The molecule has 3 aliphatic rings. The van der Waals surface area contributed by atoms with Crippen molar-refractivity contribution in [3.8, 4) is 29.0 Å². The van der Waals surface area contributed by atoms with Gasteiger partial charge in [-0.25, -0.2) is 17.6 Å². The highest BCUT2D eigenvalue weighted by molar-refractivity contribution is 7.23. The zero-order chi connectivity index (χ0) is 31.6. The Hall–Kier alpha value is -3.60. The third-order valence-corrected chi connectivity index (χ3v) is 10.7. The summed E-state index contributed by atoms with van der Waals surface area (Å²) >= 11 is 7.79. The number of nitrogens with zero attached hydrogens (tertiary/aromatic N) is 5. The van der Waals surface area contributed by atoms with E-state index in [1.54, 1.807) is 0 Å². The van der Waals surface area contributed by atoms with E-state index in [1.165, 1.54) is 11.0 Å². The summed E-state index contributed by atoms with van der Waals surface area (Å²) in [5, 5.41) is 9.91. The lowest BCUT2D eigenvalue weighted by Gasteiger charge is -2.32. The summed E-state index contributed by atoms with van der Waals surface area (Å²) < 4.78 is 72.3. The molecule has 14 heteroatoms. The third kappa shape index (κ3) is 4.72. The minimum atomic E-state index is -2.72.